The number of hydrogen-bond donors (Lipinski definition) is 3. The van der Waals surface area contributed by atoms with Gasteiger partial charge in [0.05, 0.1) is 6.42 Å². The maximum atomic E-state index is 11.2. The van der Waals surface area contributed by atoms with E-state index in [1.165, 1.54) is 11.1 Å². The number of hydrazine groups is 1. The molecule has 4 nitrogen and oxygen atoms in total. The minimum absolute atomic E-state index is 0.190. The molecule has 2 aromatic carbocycles. The van der Waals surface area contributed by atoms with Gasteiger partial charge in [0.2, 0.25) is 5.91 Å². The van der Waals surface area contributed by atoms with Crippen molar-refractivity contribution in [2.45, 2.75) is 24.0 Å². The highest BCUT2D eigenvalue weighted by Gasteiger charge is 2.03. The molecule has 0 heterocycles. The van der Waals surface area contributed by atoms with Gasteiger partial charge in [-0.3, -0.25) is 10.2 Å². The van der Waals surface area contributed by atoms with Gasteiger partial charge in [-0.05, 0) is 35.7 Å². The Morgan fingerprint density at radius 3 is 2.43 bits per heavy atom. The first-order valence-electron chi connectivity index (χ1n) is 6.64. The van der Waals surface area contributed by atoms with Crippen LogP contribution in [-0.4, -0.2) is 5.91 Å². The van der Waals surface area contributed by atoms with Crippen LogP contribution in [-0.2, 0) is 17.0 Å². The lowest BCUT2D eigenvalue weighted by Crippen LogP contribution is -2.31. The molecule has 2 rings (SSSR count). The van der Waals surface area contributed by atoms with Gasteiger partial charge in [0.25, 0.3) is 0 Å². The van der Waals surface area contributed by atoms with Crippen LogP contribution in [0.3, 0.4) is 0 Å². The monoisotopic (exact) mass is 301 g/mol. The number of carbonyl (C=O) groups excluding carboxylic acids is 1. The van der Waals surface area contributed by atoms with Crippen LogP contribution < -0.4 is 17.0 Å². The maximum absolute atomic E-state index is 11.2. The Kier molecular flexibility index (Phi) is 5.25. The molecule has 0 aromatic heterocycles. The molecule has 0 atom stereocenters. The molecule has 1 amide bonds. The molecule has 21 heavy (non-hydrogen) atoms. The SMILES string of the molecule is Cc1ccc(SCc2ccc(CC(=O)NN)cc2)c(N)c1. The number of aryl methyl sites for hydroxylation is 1. The highest BCUT2D eigenvalue weighted by Crippen LogP contribution is 2.28. The standard InChI is InChI=1S/C16H19N3OS/c1-11-2-7-15(14(17)8-11)21-10-13-5-3-12(4-6-13)9-16(20)19-18/h2-8H,9-10,17-18H2,1H3,(H,19,20). The van der Waals surface area contributed by atoms with E-state index in [9.17, 15) is 4.79 Å². The van der Waals surface area contributed by atoms with Crippen LogP contribution in [0.1, 0.15) is 16.7 Å². The number of benzene rings is 2. The van der Waals surface area contributed by atoms with E-state index in [0.717, 1.165) is 21.9 Å². The second kappa shape index (κ2) is 7.15. The average Bonchev–Trinajstić information content (AvgIpc) is 2.48. The summed E-state index contributed by atoms with van der Waals surface area (Å²) < 4.78 is 0. The number of anilines is 1. The number of nitrogens with one attached hydrogen (secondary N) is 1. The van der Waals surface area contributed by atoms with Crippen molar-refractivity contribution in [3.63, 3.8) is 0 Å². The summed E-state index contributed by atoms with van der Waals surface area (Å²) in [5.74, 6) is 5.73. The molecule has 0 spiro atoms. The first-order valence-corrected chi connectivity index (χ1v) is 7.63. The summed E-state index contributed by atoms with van der Waals surface area (Å²) in [6.07, 6.45) is 0.300. The van der Waals surface area contributed by atoms with E-state index < -0.39 is 0 Å². The zero-order valence-corrected chi connectivity index (χ0v) is 12.7. The molecular weight excluding hydrogens is 282 g/mol. The molecule has 0 unspecified atom stereocenters. The minimum atomic E-state index is -0.190. The van der Waals surface area contributed by atoms with Crippen LogP contribution in [0.2, 0.25) is 0 Å². The third kappa shape index (κ3) is 4.51. The minimum Gasteiger partial charge on any atom is -0.398 e. The number of hydrogen-bond acceptors (Lipinski definition) is 4. The molecule has 0 fully saturated rings. The first-order chi connectivity index (χ1) is 10.1. The summed E-state index contributed by atoms with van der Waals surface area (Å²) in [7, 11) is 0. The fourth-order valence-electron chi connectivity index (χ4n) is 1.95. The molecule has 5 N–H and O–H groups in total. The van der Waals surface area contributed by atoms with E-state index >= 15 is 0 Å². The first kappa shape index (κ1) is 15.4. The maximum Gasteiger partial charge on any atom is 0.238 e. The van der Waals surface area contributed by atoms with Crippen LogP contribution in [0.25, 0.3) is 0 Å². The summed E-state index contributed by atoms with van der Waals surface area (Å²) in [5.41, 5.74) is 12.3. The van der Waals surface area contributed by atoms with Gasteiger partial charge >= 0.3 is 0 Å². The summed E-state index contributed by atoms with van der Waals surface area (Å²) >= 11 is 1.71. The summed E-state index contributed by atoms with van der Waals surface area (Å²) in [4.78, 5) is 12.3. The van der Waals surface area contributed by atoms with Crippen LogP contribution >= 0.6 is 11.8 Å². The Balaban J connectivity index is 1.96. The molecule has 0 aliphatic rings. The topological polar surface area (TPSA) is 81.1 Å². The van der Waals surface area contributed by atoms with Crippen LogP contribution in [0.15, 0.2) is 47.4 Å². The van der Waals surface area contributed by atoms with Gasteiger partial charge in [0.1, 0.15) is 0 Å². The Hall–Kier alpha value is -1.98. The van der Waals surface area contributed by atoms with Crippen molar-refractivity contribution >= 4 is 23.4 Å². The van der Waals surface area contributed by atoms with Gasteiger partial charge in [-0.25, -0.2) is 5.84 Å². The Labute approximate surface area is 128 Å². The lowest BCUT2D eigenvalue weighted by Gasteiger charge is -2.07. The van der Waals surface area contributed by atoms with E-state index in [2.05, 4.69) is 17.6 Å². The van der Waals surface area contributed by atoms with Gasteiger partial charge in [-0.15, -0.1) is 11.8 Å². The third-order valence-corrected chi connectivity index (χ3v) is 4.27. The Morgan fingerprint density at radius 1 is 1.14 bits per heavy atom. The summed E-state index contributed by atoms with van der Waals surface area (Å²) in [6.45, 7) is 2.03. The van der Waals surface area contributed by atoms with Gasteiger partial charge in [-0.1, -0.05) is 30.3 Å². The Bertz CT molecular complexity index is 626. The second-order valence-electron chi connectivity index (χ2n) is 4.89. The van der Waals surface area contributed by atoms with Crippen molar-refractivity contribution in [2.24, 2.45) is 5.84 Å². The molecule has 2 aromatic rings. The van der Waals surface area contributed by atoms with Crippen molar-refractivity contribution in [3.8, 4) is 0 Å². The van der Waals surface area contributed by atoms with Crippen LogP contribution in [0, 0.1) is 6.92 Å². The average molecular weight is 301 g/mol. The molecule has 0 bridgehead atoms. The van der Waals surface area contributed by atoms with Gasteiger partial charge in [-0.2, -0.15) is 0 Å². The lowest BCUT2D eigenvalue weighted by atomic mass is 10.1. The quantitative estimate of drug-likeness (QED) is 0.260. The highest BCUT2D eigenvalue weighted by atomic mass is 32.2. The number of carbonyl (C=O) groups is 1. The van der Waals surface area contributed by atoms with Crippen LogP contribution in [0.4, 0.5) is 5.69 Å². The van der Waals surface area contributed by atoms with Crippen molar-refractivity contribution in [1.29, 1.82) is 0 Å². The van der Waals surface area contributed by atoms with Crippen molar-refractivity contribution in [3.05, 3.63) is 59.2 Å². The second-order valence-corrected chi connectivity index (χ2v) is 5.91. The van der Waals surface area contributed by atoms with Crippen molar-refractivity contribution in [2.75, 3.05) is 5.73 Å². The fraction of sp³-hybridized carbons (Fsp3) is 0.188. The highest BCUT2D eigenvalue weighted by molar-refractivity contribution is 7.98. The fourth-order valence-corrected chi connectivity index (χ4v) is 2.85. The molecule has 0 saturated carbocycles. The van der Waals surface area contributed by atoms with E-state index in [0.29, 0.717) is 6.42 Å². The third-order valence-electron chi connectivity index (χ3n) is 3.11. The van der Waals surface area contributed by atoms with E-state index in [-0.39, 0.29) is 5.91 Å². The zero-order chi connectivity index (χ0) is 15.2. The zero-order valence-electron chi connectivity index (χ0n) is 11.9. The van der Waals surface area contributed by atoms with E-state index in [4.69, 9.17) is 11.6 Å². The number of rotatable bonds is 5. The lowest BCUT2D eigenvalue weighted by molar-refractivity contribution is -0.120. The van der Waals surface area contributed by atoms with Crippen molar-refractivity contribution in [1.82, 2.24) is 5.43 Å². The largest absolute Gasteiger partial charge is 0.398 e. The number of amides is 1. The summed E-state index contributed by atoms with van der Waals surface area (Å²) in [5, 5.41) is 0. The van der Waals surface area contributed by atoms with Gasteiger partial charge in [0.15, 0.2) is 0 Å². The molecule has 5 heteroatoms. The molecule has 0 saturated heterocycles. The van der Waals surface area contributed by atoms with E-state index in [1.54, 1.807) is 11.8 Å². The number of nitrogen functional groups attached to an aromatic ring is 1. The summed E-state index contributed by atoms with van der Waals surface area (Å²) in [6, 6.07) is 14.0. The predicted octanol–water partition coefficient (Wildman–Crippen LogP) is 2.40. The molecule has 0 aliphatic carbocycles. The number of thioether (sulfide) groups is 1. The van der Waals surface area contributed by atoms with E-state index in [1.807, 2.05) is 37.3 Å². The van der Waals surface area contributed by atoms with Gasteiger partial charge < -0.3 is 5.73 Å². The Morgan fingerprint density at radius 2 is 1.81 bits per heavy atom. The molecule has 110 valence electrons. The van der Waals surface area contributed by atoms with Crippen molar-refractivity contribution < 1.29 is 4.79 Å². The van der Waals surface area contributed by atoms with Gasteiger partial charge in [0, 0.05) is 16.3 Å². The molecular formula is C16H19N3OS. The molecule has 0 radical (unpaired) electrons. The normalized spacial score (nSPS) is 10.4. The smallest absolute Gasteiger partial charge is 0.238 e. The predicted molar refractivity (Wildman–Crippen MR) is 87.6 cm³/mol. The molecule has 0 aliphatic heterocycles. The van der Waals surface area contributed by atoms with Crippen LogP contribution in [0.5, 0.6) is 0 Å². The number of nitrogens with two attached hydrogens (primary N) is 2.